The maximum absolute atomic E-state index is 13.4. The number of hydrogen-bond acceptors (Lipinski definition) is 3. The first-order chi connectivity index (χ1) is 13.0. The van der Waals surface area contributed by atoms with Gasteiger partial charge in [0.05, 0.1) is 23.9 Å². The number of hydrogen-bond donors (Lipinski definition) is 1. The smallest absolute Gasteiger partial charge is 0.258 e. The molecule has 1 aromatic heterocycles. The molecule has 140 valence electrons. The van der Waals surface area contributed by atoms with Gasteiger partial charge in [-0.1, -0.05) is 30.7 Å². The van der Waals surface area contributed by atoms with E-state index in [1.54, 1.807) is 35.2 Å². The van der Waals surface area contributed by atoms with Crippen LogP contribution in [0.25, 0.3) is 10.9 Å². The van der Waals surface area contributed by atoms with Crippen molar-refractivity contribution in [1.29, 1.82) is 0 Å². The van der Waals surface area contributed by atoms with Gasteiger partial charge in [0.25, 0.3) is 5.56 Å². The summed E-state index contributed by atoms with van der Waals surface area (Å²) in [6.45, 7) is 2.63. The van der Waals surface area contributed by atoms with E-state index in [0.29, 0.717) is 33.9 Å². The van der Waals surface area contributed by atoms with Crippen molar-refractivity contribution >= 4 is 28.4 Å². The second-order valence-corrected chi connectivity index (χ2v) is 6.73. The first kappa shape index (κ1) is 19.0. The van der Waals surface area contributed by atoms with Crippen LogP contribution in [0.1, 0.15) is 24.7 Å². The van der Waals surface area contributed by atoms with Gasteiger partial charge in [-0.3, -0.25) is 9.59 Å². The van der Waals surface area contributed by atoms with Gasteiger partial charge in [-0.15, -0.1) is 0 Å². The monoisotopic (exact) mass is 387 g/mol. The number of nitrogens with one attached hydrogen (secondary N) is 1. The van der Waals surface area contributed by atoms with Crippen LogP contribution in [0, 0.1) is 5.82 Å². The Balaban J connectivity index is 1.84. The molecule has 0 saturated carbocycles. The lowest BCUT2D eigenvalue weighted by atomic mass is 10.1. The molecule has 0 saturated heterocycles. The SMILES string of the molecule is CCCN(Cc1nc2cc(Cl)ccc2c(=O)[nH]1)C(=O)Cc1cccc(F)c1. The topological polar surface area (TPSA) is 66.1 Å². The Labute approximate surface area is 160 Å². The predicted octanol–water partition coefficient (Wildman–Crippen LogP) is 3.70. The van der Waals surface area contributed by atoms with E-state index in [0.717, 1.165) is 6.42 Å². The highest BCUT2D eigenvalue weighted by Crippen LogP contribution is 2.15. The van der Waals surface area contributed by atoms with Crippen molar-refractivity contribution in [2.45, 2.75) is 26.3 Å². The molecule has 1 N–H and O–H groups in total. The highest BCUT2D eigenvalue weighted by molar-refractivity contribution is 6.31. The molecule has 0 fully saturated rings. The van der Waals surface area contributed by atoms with Crippen molar-refractivity contribution < 1.29 is 9.18 Å². The summed E-state index contributed by atoms with van der Waals surface area (Å²) < 4.78 is 13.4. The number of rotatable bonds is 6. The number of carbonyl (C=O) groups excluding carboxylic acids is 1. The van der Waals surface area contributed by atoms with E-state index in [2.05, 4.69) is 9.97 Å². The third kappa shape index (κ3) is 4.71. The molecule has 7 heteroatoms. The minimum absolute atomic E-state index is 0.0847. The van der Waals surface area contributed by atoms with Crippen molar-refractivity contribution in [3.63, 3.8) is 0 Å². The molecule has 1 amide bonds. The fourth-order valence-electron chi connectivity index (χ4n) is 2.91. The van der Waals surface area contributed by atoms with Crippen LogP contribution < -0.4 is 5.56 Å². The van der Waals surface area contributed by atoms with Crippen molar-refractivity contribution in [3.8, 4) is 0 Å². The number of halogens is 2. The number of aromatic nitrogens is 2. The Hall–Kier alpha value is -2.73. The minimum atomic E-state index is -0.375. The van der Waals surface area contributed by atoms with Crippen LogP contribution in [-0.2, 0) is 17.8 Å². The normalized spacial score (nSPS) is 10.9. The Morgan fingerprint density at radius 3 is 2.81 bits per heavy atom. The number of nitrogens with zero attached hydrogens (tertiary/aromatic N) is 2. The Kier molecular flexibility index (Phi) is 5.86. The quantitative estimate of drug-likeness (QED) is 0.701. The standard InChI is InChI=1S/C20H19ClFN3O2/c1-2-8-25(19(26)10-13-4-3-5-15(22)9-13)12-18-23-17-11-14(21)6-7-16(17)20(27)24-18/h3-7,9,11H,2,8,10,12H2,1H3,(H,23,24,27). The molecule has 0 aliphatic heterocycles. The first-order valence-corrected chi connectivity index (χ1v) is 9.04. The van der Waals surface area contributed by atoms with Gasteiger partial charge in [-0.05, 0) is 42.3 Å². The molecule has 0 radical (unpaired) electrons. The molecule has 0 bridgehead atoms. The average molecular weight is 388 g/mol. The number of amides is 1. The number of carbonyl (C=O) groups is 1. The summed E-state index contributed by atoms with van der Waals surface area (Å²) in [5, 5.41) is 0.926. The summed E-state index contributed by atoms with van der Waals surface area (Å²) in [4.78, 5) is 33.7. The highest BCUT2D eigenvalue weighted by Gasteiger charge is 2.16. The summed E-state index contributed by atoms with van der Waals surface area (Å²) in [6.07, 6.45) is 0.833. The maximum atomic E-state index is 13.4. The van der Waals surface area contributed by atoms with E-state index < -0.39 is 0 Å². The molecule has 0 unspecified atom stereocenters. The molecule has 1 heterocycles. The predicted molar refractivity (Wildman–Crippen MR) is 103 cm³/mol. The molecule has 3 rings (SSSR count). The Morgan fingerprint density at radius 2 is 2.07 bits per heavy atom. The molecule has 3 aromatic rings. The molecule has 0 atom stereocenters. The molecule has 5 nitrogen and oxygen atoms in total. The molecule has 27 heavy (non-hydrogen) atoms. The second-order valence-electron chi connectivity index (χ2n) is 6.30. The van der Waals surface area contributed by atoms with Crippen LogP contribution in [0.4, 0.5) is 4.39 Å². The summed E-state index contributed by atoms with van der Waals surface area (Å²) >= 11 is 5.98. The fraction of sp³-hybridized carbons (Fsp3) is 0.250. The van der Waals surface area contributed by atoms with Crippen LogP contribution in [0.2, 0.25) is 5.02 Å². The van der Waals surface area contributed by atoms with E-state index in [4.69, 9.17) is 11.6 Å². The van der Waals surface area contributed by atoms with Crippen molar-refractivity contribution in [2.24, 2.45) is 0 Å². The summed E-state index contributed by atoms with van der Waals surface area (Å²) in [5.74, 6) is -0.146. The minimum Gasteiger partial charge on any atom is -0.335 e. The fourth-order valence-corrected chi connectivity index (χ4v) is 3.08. The zero-order valence-corrected chi connectivity index (χ0v) is 15.6. The third-order valence-electron chi connectivity index (χ3n) is 4.15. The average Bonchev–Trinajstić information content (AvgIpc) is 2.61. The summed E-state index contributed by atoms with van der Waals surface area (Å²) in [6, 6.07) is 10.8. The number of benzene rings is 2. The largest absolute Gasteiger partial charge is 0.335 e. The van der Waals surface area contributed by atoms with Gasteiger partial charge in [-0.25, -0.2) is 9.37 Å². The van der Waals surface area contributed by atoms with Crippen LogP contribution >= 0.6 is 11.6 Å². The van der Waals surface area contributed by atoms with Gasteiger partial charge in [0.2, 0.25) is 5.91 Å². The third-order valence-corrected chi connectivity index (χ3v) is 4.38. The van der Waals surface area contributed by atoms with E-state index in [-0.39, 0.29) is 30.2 Å². The van der Waals surface area contributed by atoms with Gasteiger partial charge in [0.1, 0.15) is 11.6 Å². The van der Waals surface area contributed by atoms with Crippen molar-refractivity contribution in [1.82, 2.24) is 14.9 Å². The molecule has 2 aromatic carbocycles. The molecular weight excluding hydrogens is 369 g/mol. The number of aromatic amines is 1. The Bertz CT molecular complexity index is 1040. The molecule has 0 spiro atoms. The van der Waals surface area contributed by atoms with Crippen LogP contribution in [0.15, 0.2) is 47.3 Å². The van der Waals surface area contributed by atoms with Gasteiger partial charge in [0, 0.05) is 11.6 Å². The van der Waals surface area contributed by atoms with Crippen LogP contribution in [0.3, 0.4) is 0 Å². The zero-order valence-electron chi connectivity index (χ0n) is 14.8. The lowest BCUT2D eigenvalue weighted by Gasteiger charge is -2.22. The van der Waals surface area contributed by atoms with Crippen molar-refractivity contribution in [2.75, 3.05) is 6.54 Å². The molecule has 0 aliphatic carbocycles. The number of fused-ring (bicyclic) bond motifs is 1. The summed E-state index contributed by atoms with van der Waals surface area (Å²) in [7, 11) is 0. The molecule has 0 aliphatic rings. The van der Waals surface area contributed by atoms with Crippen LogP contribution in [0.5, 0.6) is 0 Å². The van der Waals surface area contributed by atoms with E-state index in [1.165, 1.54) is 12.1 Å². The lowest BCUT2D eigenvalue weighted by Crippen LogP contribution is -2.34. The molecular formula is C20H19ClFN3O2. The second kappa shape index (κ2) is 8.31. The van der Waals surface area contributed by atoms with E-state index >= 15 is 0 Å². The summed E-state index contributed by atoms with van der Waals surface area (Å²) in [5.41, 5.74) is 0.809. The first-order valence-electron chi connectivity index (χ1n) is 8.67. The van der Waals surface area contributed by atoms with Gasteiger partial charge in [-0.2, -0.15) is 0 Å². The number of H-pyrrole nitrogens is 1. The zero-order chi connectivity index (χ0) is 19.4. The lowest BCUT2D eigenvalue weighted by molar-refractivity contribution is -0.131. The van der Waals surface area contributed by atoms with Gasteiger partial charge in [0.15, 0.2) is 0 Å². The van der Waals surface area contributed by atoms with Gasteiger partial charge >= 0.3 is 0 Å². The van der Waals surface area contributed by atoms with E-state index in [1.807, 2.05) is 6.92 Å². The highest BCUT2D eigenvalue weighted by atomic mass is 35.5. The van der Waals surface area contributed by atoms with Crippen LogP contribution in [-0.4, -0.2) is 27.3 Å². The van der Waals surface area contributed by atoms with Gasteiger partial charge < -0.3 is 9.88 Å². The maximum Gasteiger partial charge on any atom is 0.258 e. The Morgan fingerprint density at radius 1 is 1.26 bits per heavy atom. The van der Waals surface area contributed by atoms with E-state index in [9.17, 15) is 14.0 Å². The van der Waals surface area contributed by atoms with Crippen molar-refractivity contribution in [3.05, 3.63) is 75.0 Å².